The van der Waals surface area contributed by atoms with E-state index >= 15 is 0 Å². The summed E-state index contributed by atoms with van der Waals surface area (Å²) in [6.45, 7) is 1.98. The Labute approximate surface area is 85.6 Å². The van der Waals surface area contributed by atoms with E-state index in [0.29, 0.717) is 6.10 Å². The van der Waals surface area contributed by atoms with Gasteiger partial charge in [0.15, 0.2) is 0 Å². The summed E-state index contributed by atoms with van der Waals surface area (Å²) in [6.07, 6.45) is 4.87. The molecule has 0 aliphatic carbocycles. The van der Waals surface area contributed by atoms with Crippen LogP contribution in [0.1, 0.15) is 6.42 Å². The van der Waals surface area contributed by atoms with Crippen molar-refractivity contribution in [2.45, 2.75) is 12.5 Å². The molecule has 1 fully saturated rings. The van der Waals surface area contributed by atoms with Crippen molar-refractivity contribution in [3.63, 3.8) is 0 Å². The molecule has 3 nitrogen and oxygen atoms in total. The third kappa shape index (κ3) is 2.42. The lowest BCUT2D eigenvalue weighted by atomic mass is 10.3. The zero-order chi connectivity index (χ0) is 9.10. The van der Waals surface area contributed by atoms with Crippen LogP contribution in [0.25, 0.3) is 0 Å². The van der Waals surface area contributed by atoms with Crippen molar-refractivity contribution in [1.29, 1.82) is 0 Å². The Hall–Kier alpha value is -0.610. The van der Waals surface area contributed by atoms with Gasteiger partial charge in [-0.25, -0.2) is 0 Å². The molecule has 0 bridgehead atoms. The summed E-state index contributed by atoms with van der Waals surface area (Å²) in [6, 6.07) is 1.94. The Balaban J connectivity index is 2.00. The SMILES string of the molecule is Brc1cncc(O[C@H]2CCNC2)c1. The number of nitrogens with zero attached hydrogens (tertiary/aromatic N) is 1. The molecular formula is C9H11BrN2O. The molecule has 4 heteroatoms. The number of nitrogens with one attached hydrogen (secondary N) is 1. The quantitative estimate of drug-likeness (QED) is 0.856. The highest BCUT2D eigenvalue weighted by molar-refractivity contribution is 9.10. The number of halogens is 1. The molecule has 1 aromatic rings. The van der Waals surface area contributed by atoms with Gasteiger partial charge < -0.3 is 10.1 Å². The molecule has 0 unspecified atom stereocenters. The van der Waals surface area contributed by atoms with E-state index < -0.39 is 0 Å². The minimum absolute atomic E-state index is 0.302. The van der Waals surface area contributed by atoms with Crippen molar-refractivity contribution < 1.29 is 4.74 Å². The molecule has 0 aromatic carbocycles. The third-order valence-electron chi connectivity index (χ3n) is 2.00. The molecular weight excluding hydrogens is 232 g/mol. The molecule has 1 aliphatic rings. The molecule has 1 aliphatic heterocycles. The lowest BCUT2D eigenvalue weighted by Gasteiger charge is -2.11. The Morgan fingerprint density at radius 1 is 1.54 bits per heavy atom. The minimum Gasteiger partial charge on any atom is -0.487 e. The monoisotopic (exact) mass is 242 g/mol. The van der Waals surface area contributed by atoms with Crippen molar-refractivity contribution in [1.82, 2.24) is 10.3 Å². The molecule has 2 heterocycles. The summed E-state index contributed by atoms with van der Waals surface area (Å²) in [4.78, 5) is 4.03. The summed E-state index contributed by atoms with van der Waals surface area (Å²) in [5.41, 5.74) is 0. The highest BCUT2D eigenvalue weighted by atomic mass is 79.9. The first-order chi connectivity index (χ1) is 6.34. The number of ether oxygens (including phenoxy) is 1. The van der Waals surface area contributed by atoms with Gasteiger partial charge in [0, 0.05) is 17.2 Å². The van der Waals surface area contributed by atoms with Crippen LogP contribution in [-0.2, 0) is 0 Å². The second-order valence-corrected chi connectivity index (χ2v) is 3.99. The van der Waals surface area contributed by atoms with Gasteiger partial charge in [0.25, 0.3) is 0 Å². The molecule has 0 amide bonds. The van der Waals surface area contributed by atoms with Crippen LogP contribution in [0.3, 0.4) is 0 Å². The van der Waals surface area contributed by atoms with Crippen LogP contribution in [-0.4, -0.2) is 24.2 Å². The van der Waals surface area contributed by atoms with Crippen molar-refractivity contribution in [2.24, 2.45) is 0 Å². The summed E-state index contributed by atoms with van der Waals surface area (Å²) in [5, 5.41) is 3.25. The second-order valence-electron chi connectivity index (χ2n) is 3.07. The molecule has 0 spiro atoms. The third-order valence-corrected chi connectivity index (χ3v) is 2.43. The number of pyridine rings is 1. The van der Waals surface area contributed by atoms with E-state index in [0.717, 1.165) is 29.7 Å². The molecule has 0 radical (unpaired) electrons. The highest BCUT2D eigenvalue weighted by Crippen LogP contribution is 2.18. The van der Waals surface area contributed by atoms with Gasteiger partial charge in [0.05, 0.1) is 6.20 Å². The first-order valence-electron chi connectivity index (χ1n) is 4.32. The zero-order valence-corrected chi connectivity index (χ0v) is 8.75. The molecule has 1 aromatic heterocycles. The fourth-order valence-electron chi connectivity index (χ4n) is 1.38. The fourth-order valence-corrected chi connectivity index (χ4v) is 1.72. The molecule has 1 N–H and O–H groups in total. The average Bonchev–Trinajstić information content (AvgIpc) is 2.57. The Morgan fingerprint density at radius 2 is 2.46 bits per heavy atom. The van der Waals surface area contributed by atoms with Gasteiger partial charge in [-0.15, -0.1) is 0 Å². The number of aromatic nitrogens is 1. The van der Waals surface area contributed by atoms with E-state index in [9.17, 15) is 0 Å². The van der Waals surface area contributed by atoms with Crippen molar-refractivity contribution >= 4 is 15.9 Å². The molecule has 70 valence electrons. The van der Waals surface area contributed by atoms with Crippen LogP contribution in [0.2, 0.25) is 0 Å². The van der Waals surface area contributed by atoms with Crippen molar-refractivity contribution in [3.05, 3.63) is 22.9 Å². The van der Waals surface area contributed by atoms with Gasteiger partial charge in [-0.3, -0.25) is 4.98 Å². The van der Waals surface area contributed by atoms with Gasteiger partial charge in [-0.2, -0.15) is 0 Å². The van der Waals surface area contributed by atoms with Crippen LogP contribution in [0.5, 0.6) is 5.75 Å². The highest BCUT2D eigenvalue weighted by Gasteiger charge is 2.15. The number of hydrogen-bond acceptors (Lipinski definition) is 3. The lowest BCUT2D eigenvalue weighted by molar-refractivity contribution is 0.222. The smallest absolute Gasteiger partial charge is 0.139 e. The van der Waals surface area contributed by atoms with E-state index in [1.54, 1.807) is 12.4 Å². The topological polar surface area (TPSA) is 34.1 Å². The summed E-state index contributed by atoms with van der Waals surface area (Å²) < 4.78 is 6.66. The van der Waals surface area contributed by atoms with Crippen LogP contribution in [0.4, 0.5) is 0 Å². The van der Waals surface area contributed by atoms with E-state index in [-0.39, 0.29) is 0 Å². The van der Waals surface area contributed by atoms with Crippen molar-refractivity contribution in [2.75, 3.05) is 13.1 Å². The summed E-state index contributed by atoms with van der Waals surface area (Å²) in [7, 11) is 0. The van der Waals surface area contributed by atoms with Gasteiger partial charge >= 0.3 is 0 Å². The minimum atomic E-state index is 0.302. The first kappa shape index (κ1) is 8.97. The lowest BCUT2D eigenvalue weighted by Crippen LogP contribution is -2.19. The maximum atomic E-state index is 5.70. The summed E-state index contributed by atoms with van der Waals surface area (Å²) >= 11 is 3.35. The maximum absolute atomic E-state index is 5.70. The molecule has 2 rings (SSSR count). The Kier molecular flexibility index (Phi) is 2.80. The van der Waals surface area contributed by atoms with Gasteiger partial charge in [-0.1, -0.05) is 0 Å². The molecule has 0 saturated carbocycles. The van der Waals surface area contributed by atoms with Crippen molar-refractivity contribution in [3.8, 4) is 5.75 Å². The van der Waals surface area contributed by atoms with Gasteiger partial charge in [0.2, 0.25) is 0 Å². The van der Waals surface area contributed by atoms with Gasteiger partial charge in [-0.05, 0) is 35.0 Å². The second kappa shape index (κ2) is 4.07. The predicted octanol–water partition coefficient (Wildman–Crippen LogP) is 1.58. The summed E-state index contributed by atoms with van der Waals surface area (Å²) in [5.74, 6) is 0.836. The van der Waals surface area contributed by atoms with E-state index in [1.807, 2.05) is 6.07 Å². The number of hydrogen-bond donors (Lipinski definition) is 1. The number of rotatable bonds is 2. The van der Waals surface area contributed by atoms with E-state index in [1.165, 1.54) is 0 Å². The predicted molar refractivity (Wildman–Crippen MR) is 53.8 cm³/mol. The molecule has 1 saturated heterocycles. The normalized spacial score (nSPS) is 21.8. The molecule has 13 heavy (non-hydrogen) atoms. The average molecular weight is 243 g/mol. The van der Waals surface area contributed by atoms with Crippen LogP contribution >= 0.6 is 15.9 Å². The zero-order valence-electron chi connectivity index (χ0n) is 7.16. The standard InChI is InChI=1S/C9H11BrN2O/c10-7-3-9(6-12-4-7)13-8-1-2-11-5-8/h3-4,6,8,11H,1-2,5H2/t8-/m0/s1. The first-order valence-corrected chi connectivity index (χ1v) is 5.12. The van der Waals surface area contributed by atoms with Gasteiger partial charge in [0.1, 0.15) is 11.9 Å². The van der Waals surface area contributed by atoms with Crippen LogP contribution < -0.4 is 10.1 Å². The Morgan fingerprint density at radius 3 is 3.15 bits per heavy atom. The fraction of sp³-hybridized carbons (Fsp3) is 0.444. The largest absolute Gasteiger partial charge is 0.487 e. The maximum Gasteiger partial charge on any atom is 0.139 e. The van der Waals surface area contributed by atoms with E-state index in [4.69, 9.17) is 4.74 Å². The molecule has 1 atom stereocenters. The van der Waals surface area contributed by atoms with Crippen LogP contribution in [0, 0.1) is 0 Å². The van der Waals surface area contributed by atoms with Crippen LogP contribution in [0.15, 0.2) is 22.9 Å². The van der Waals surface area contributed by atoms with E-state index in [2.05, 4.69) is 26.2 Å². The Bertz CT molecular complexity index is 287.